The van der Waals surface area contributed by atoms with E-state index >= 15 is 0 Å². The topological polar surface area (TPSA) is 92.0 Å². The van der Waals surface area contributed by atoms with Gasteiger partial charge in [-0.15, -0.1) is 0 Å². The van der Waals surface area contributed by atoms with Gasteiger partial charge in [-0.05, 0) is 37.6 Å². The first-order valence-corrected chi connectivity index (χ1v) is 12.1. The minimum absolute atomic E-state index is 0.0537. The number of aromatic carboxylic acids is 1. The van der Waals surface area contributed by atoms with Gasteiger partial charge in [0.05, 0.1) is 30.3 Å². The maximum Gasteiger partial charge on any atom is 0.459 e. The number of aromatic nitrogens is 3. The van der Waals surface area contributed by atoms with Crippen molar-refractivity contribution in [1.82, 2.24) is 14.4 Å². The lowest BCUT2D eigenvalue weighted by molar-refractivity contribution is -0.290. The minimum Gasteiger partial charge on any atom is -0.478 e. The van der Waals surface area contributed by atoms with E-state index in [1.54, 1.807) is 43.0 Å². The Morgan fingerprint density at radius 2 is 1.79 bits per heavy atom. The summed E-state index contributed by atoms with van der Waals surface area (Å²) >= 11 is 0. The number of aryl methyl sites for hydroxylation is 1. The highest BCUT2D eigenvalue weighted by Gasteiger charge is 2.60. The summed E-state index contributed by atoms with van der Waals surface area (Å²) < 4.78 is 75.1. The van der Waals surface area contributed by atoms with E-state index in [1.165, 1.54) is 10.5 Å². The number of hydrogen-bond acceptors (Lipinski definition) is 6. The van der Waals surface area contributed by atoms with Crippen molar-refractivity contribution in [3.05, 3.63) is 65.0 Å². The van der Waals surface area contributed by atoms with Gasteiger partial charge in [0.1, 0.15) is 11.3 Å². The number of rotatable bonds is 6. The third kappa shape index (κ3) is 4.71. The normalized spacial score (nSPS) is 15.6. The molecule has 2 aromatic heterocycles. The van der Waals surface area contributed by atoms with Crippen LogP contribution in [0.5, 0.6) is 0 Å². The van der Waals surface area contributed by atoms with Crippen molar-refractivity contribution in [2.45, 2.75) is 32.0 Å². The first-order valence-electron chi connectivity index (χ1n) is 12.1. The molecule has 4 aromatic rings. The van der Waals surface area contributed by atoms with Gasteiger partial charge < -0.3 is 20.1 Å². The molecule has 206 valence electrons. The summed E-state index contributed by atoms with van der Waals surface area (Å²) in [6.07, 6.45) is -5.14. The quantitative estimate of drug-likeness (QED) is 0.305. The number of halogens is 5. The Kier molecular flexibility index (Phi) is 6.57. The van der Waals surface area contributed by atoms with E-state index < -0.39 is 29.8 Å². The number of alkyl halides is 5. The molecule has 0 radical (unpaired) electrons. The molecule has 1 saturated heterocycles. The van der Waals surface area contributed by atoms with Gasteiger partial charge in [0, 0.05) is 35.9 Å². The molecule has 1 aliphatic heterocycles. The maximum atomic E-state index is 14.4. The SMILES string of the molecule is Cc1cc([C@@H](C)Nc2ccccc2C(=O)O)c2nc(N3CCOCC3)n3cc(C(F)(F)C(F)(F)F)nc3c2c1. The average Bonchev–Trinajstić information content (AvgIpc) is 3.34. The van der Waals surface area contributed by atoms with Crippen LogP contribution in [0.1, 0.15) is 40.1 Å². The van der Waals surface area contributed by atoms with Crippen LogP contribution in [0.3, 0.4) is 0 Å². The van der Waals surface area contributed by atoms with Crippen molar-refractivity contribution in [3.63, 3.8) is 0 Å². The molecular formula is C26H24F5N5O3. The van der Waals surface area contributed by atoms with Crippen LogP contribution in [0, 0.1) is 6.92 Å². The Morgan fingerprint density at radius 1 is 1.10 bits per heavy atom. The van der Waals surface area contributed by atoms with Crippen LogP contribution in [0.15, 0.2) is 42.6 Å². The zero-order valence-electron chi connectivity index (χ0n) is 20.9. The fraction of sp³-hybridized carbons (Fsp3) is 0.346. The summed E-state index contributed by atoms with van der Waals surface area (Å²) in [4.78, 5) is 22.0. The minimum atomic E-state index is -5.83. The lowest BCUT2D eigenvalue weighted by Crippen LogP contribution is -2.38. The Balaban J connectivity index is 1.73. The van der Waals surface area contributed by atoms with Gasteiger partial charge in [-0.1, -0.05) is 18.2 Å². The van der Waals surface area contributed by atoms with Gasteiger partial charge in [0.25, 0.3) is 0 Å². The van der Waals surface area contributed by atoms with Crippen LogP contribution in [0.25, 0.3) is 16.6 Å². The predicted molar refractivity (Wildman–Crippen MR) is 134 cm³/mol. The molecule has 2 aromatic carbocycles. The van der Waals surface area contributed by atoms with E-state index in [-0.39, 0.29) is 22.5 Å². The lowest BCUT2D eigenvalue weighted by Gasteiger charge is -2.29. The van der Waals surface area contributed by atoms with Crippen LogP contribution in [0.4, 0.5) is 33.6 Å². The number of morpholine rings is 1. The van der Waals surface area contributed by atoms with Gasteiger partial charge in [0.15, 0.2) is 0 Å². The smallest absolute Gasteiger partial charge is 0.459 e. The highest BCUT2D eigenvalue weighted by molar-refractivity contribution is 5.96. The molecule has 13 heteroatoms. The van der Waals surface area contributed by atoms with Crippen LogP contribution in [-0.2, 0) is 10.7 Å². The average molecular weight is 550 g/mol. The molecule has 1 atom stereocenters. The molecule has 3 heterocycles. The van der Waals surface area contributed by atoms with E-state index in [0.717, 1.165) is 0 Å². The second kappa shape index (κ2) is 9.63. The number of nitrogens with one attached hydrogen (secondary N) is 1. The van der Waals surface area contributed by atoms with Gasteiger partial charge in [-0.25, -0.2) is 14.8 Å². The van der Waals surface area contributed by atoms with Crippen molar-refractivity contribution >= 4 is 34.2 Å². The fourth-order valence-electron chi connectivity index (χ4n) is 4.70. The maximum absolute atomic E-state index is 14.4. The number of fused-ring (bicyclic) bond motifs is 3. The molecule has 39 heavy (non-hydrogen) atoms. The molecule has 2 N–H and O–H groups in total. The van der Waals surface area contributed by atoms with Crippen LogP contribution < -0.4 is 10.2 Å². The van der Waals surface area contributed by atoms with Crippen LogP contribution in [-0.4, -0.2) is 57.9 Å². The van der Waals surface area contributed by atoms with Gasteiger partial charge in [-0.2, -0.15) is 22.0 Å². The van der Waals surface area contributed by atoms with E-state index in [4.69, 9.17) is 9.72 Å². The molecule has 1 aliphatic rings. The number of hydrogen-bond donors (Lipinski definition) is 2. The molecular weight excluding hydrogens is 525 g/mol. The number of para-hydroxylation sites is 1. The molecule has 0 spiro atoms. The summed E-state index contributed by atoms with van der Waals surface area (Å²) in [6.45, 7) is 4.87. The largest absolute Gasteiger partial charge is 0.478 e. The molecule has 8 nitrogen and oxygen atoms in total. The highest BCUT2D eigenvalue weighted by Crippen LogP contribution is 2.44. The molecule has 0 saturated carbocycles. The first kappa shape index (κ1) is 26.6. The van der Waals surface area contributed by atoms with E-state index in [0.29, 0.717) is 54.8 Å². The molecule has 5 rings (SSSR count). The lowest BCUT2D eigenvalue weighted by atomic mass is 10.0. The molecule has 0 unspecified atom stereocenters. The number of anilines is 2. The third-order valence-corrected chi connectivity index (χ3v) is 6.63. The van der Waals surface area contributed by atoms with Crippen molar-refractivity contribution in [2.24, 2.45) is 0 Å². The number of carbonyl (C=O) groups is 1. The molecule has 0 amide bonds. The Bertz CT molecular complexity index is 1560. The molecule has 0 bridgehead atoms. The zero-order valence-corrected chi connectivity index (χ0v) is 20.9. The van der Waals surface area contributed by atoms with Crippen molar-refractivity contribution in [1.29, 1.82) is 0 Å². The number of ether oxygens (including phenoxy) is 1. The summed E-state index contributed by atoms with van der Waals surface area (Å²) in [7, 11) is 0. The number of benzene rings is 2. The standard InChI is InChI=1S/C26H24F5N5O3/c1-14-11-17(15(2)32-19-6-4-3-5-16(19)23(37)38)21-18(12-14)22-33-20(25(27,28)26(29,30)31)13-36(22)24(34-21)35-7-9-39-10-8-35/h3-6,11-13,15,32H,7-10H2,1-2H3,(H,37,38)/t15-/m1/s1. The summed E-state index contributed by atoms with van der Waals surface area (Å²) in [6, 6.07) is 9.27. The number of carboxylic acids is 1. The second-order valence-electron chi connectivity index (χ2n) is 9.37. The molecule has 1 fully saturated rings. The monoisotopic (exact) mass is 549 g/mol. The van der Waals surface area contributed by atoms with E-state index in [2.05, 4.69) is 10.3 Å². The van der Waals surface area contributed by atoms with Gasteiger partial charge in [0.2, 0.25) is 5.95 Å². The molecule has 0 aliphatic carbocycles. The van der Waals surface area contributed by atoms with Crippen molar-refractivity contribution < 1.29 is 36.6 Å². The highest BCUT2D eigenvalue weighted by atomic mass is 19.4. The fourth-order valence-corrected chi connectivity index (χ4v) is 4.70. The number of imidazole rings is 1. The summed E-state index contributed by atoms with van der Waals surface area (Å²) in [5, 5.41) is 13.0. The van der Waals surface area contributed by atoms with E-state index in [9.17, 15) is 31.9 Å². The van der Waals surface area contributed by atoms with Crippen LogP contribution in [0.2, 0.25) is 0 Å². The third-order valence-electron chi connectivity index (χ3n) is 6.63. The summed E-state index contributed by atoms with van der Waals surface area (Å²) in [5.41, 5.74) is 0.510. The number of nitrogens with zero attached hydrogens (tertiary/aromatic N) is 4. The Morgan fingerprint density at radius 3 is 2.46 bits per heavy atom. The van der Waals surface area contributed by atoms with Gasteiger partial charge in [-0.3, -0.25) is 4.40 Å². The van der Waals surface area contributed by atoms with Crippen LogP contribution >= 0.6 is 0 Å². The first-order chi connectivity index (χ1) is 18.4. The second-order valence-corrected chi connectivity index (χ2v) is 9.37. The number of carboxylic acid groups (broad SMARTS) is 1. The predicted octanol–water partition coefficient (Wildman–Crippen LogP) is 5.55. The van der Waals surface area contributed by atoms with Crippen molar-refractivity contribution in [3.8, 4) is 0 Å². The van der Waals surface area contributed by atoms with Crippen molar-refractivity contribution in [2.75, 3.05) is 36.5 Å². The Labute approximate surface area is 219 Å². The summed E-state index contributed by atoms with van der Waals surface area (Å²) in [5.74, 6) is -6.14. The zero-order chi connectivity index (χ0) is 28.1. The van der Waals surface area contributed by atoms with Gasteiger partial charge >= 0.3 is 18.1 Å². The Hall–Kier alpha value is -4.00. The van der Waals surface area contributed by atoms with E-state index in [1.807, 2.05) is 6.07 Å².